The highest BCUT2D eigenvalue weighted by Crippen LogP contribution is 2.24. The van der Waals surface area contributed by atoms with Crippen molar-refractivity contribution >= 4 is 27.5 Å². The number of nitrogens with one attached hydrogen (secondary N) is 1. The molecular formula is C16H24ClN3O3S. The number of nitrogens with zero attached hydrogens (tertiary/aromatic N) is 2. The Morgan fingerprint density at radius 3 is 2.42 bits per heavy atom. The second-order valence-electron chi connectivity index (χ2n) is 6.31. The maximum atomic E-state index is 12.7. The fourth-order valence-electron chi connectivity index (χ4n) is 2.50. The molecule has 0 unspecified atom stereocenters. The fraction of sp³-hybridized carbons (Fsp3) is 0.562. The van der Waals surface area contributed by atoms with E-state index in [0.717, 1.165) is 0 Å². The van der Waals surface area contributed by atoms with Crippen LogP contribution in [0.5, 0.6) is 0 Å². The molecule has 1 heterocycles. The van der Waals surface area contributed by atoms with Crippen LogP contribution < -0.4 is 5.32 Å². The molecule has 134 valence electrons. The number of hydrogen-bond acceptors (Lipinski definition) is 4. The summed E-state index contributed by atoms with van der Waals surface area (Å²) in [7, 11) is -3.59. The van der Waals surface area contributed by atoms with Crippen molar-refractivity contribution in [3.8, 4) is 0 Å². The Kier molecular flexibility index (Phi) is 6.62. The van der Waals surface area contributed by atoms with Crippen LogP contribution in [0.4, 0.5) is 0 Å². The third-order valence-corrected chi connectivity index (χ3v) is 6.26. The van der Waals surface area contributed by atoms with E-state index < -0.39 is 10.0 Å². The van der Waals surface area contributed by atoms with Gasteiger partial charge < -0.3 is 5.32 Å². The predicted octanol–water partition coefficient (Wildman–Crippen LogP) is 1.42. The number of carbonyl (C=O) groups is 1. The number of halogens is 1. The molecule has 1 aliphatic heterocycles. The Hall–Kier alpha value is -1.15. The van der Waals surface area contributed by atoms with Gasteiger partial charge in [0, 0.05) is 32.7 Å². The van der Waals surface area contributed by atoms with Gasteiger partial charge in [0.2, 0.25) is 15.9 Å². The molecule has 2 rings (SSSR count). The summed E-state index contributed by atoms with van der Waals surface area (Å²) in [4.78, 5) is 14.0. The van der Waals surface area contributed by atoms with Crippen LogP contribution in [-0.2, 0) is 14.8 Å². The first kappa shape index (κ1) is 19.2. The number of benzene rings is 1. The minimum Gasteiger partial charge on any atom is -0.355 e. The van der Waals surface area contributed by atoms with Crippen LogP contribution in [0.1, 0.15) is 13.8 Å². The summed E-state index contributed by atoms with van der Waals surface area (Å²) in [5, 5.41) is 3.10. The molecule has 0 saturated carbocycles. The van der Waals surface area contributed by atoms with Gasteiger partial charge in [-0.3, -0.25) is 9.69 Å². The van der Waals surface area contributed by atoms with Crippen LogP contribution >= 0.6 is 11.6 Å². The van der Waals surface area contributed by atoms with Crippen LogP contribution in [0.15, 0.2) is 29.2 Å². The first-order chi connectivity index (χ1) is 11.3. The van der Waals surface area contributed by atoms with E-state index in [9.17, 15) is 13.2 Å². The van der Waals surface area contributed by atoms with E-state index in [1.165, 1.54) is 10.4 Å². The third-order valence-electron chi connectivity index (χ3n) is 3.86. The van der Waals surface area contributed by atoms with Gasteiger partial charge in [-0.25, -0.2) is 8.42 Å². The van der Waals surface area contributed by atoms with E-state index in [-0.39, 0.29) is 15.8 Å². The van der Waals surface area contributed by atoms with Crippen molar-refractivity contribution in [1.29, 1.82) is 0 Å². The van der Waals surface area contributed by atoms with Gasteiger partial charge in [-0.15, -0.1) is 0 Å². The Morgan fingerprint density at radius 2 is 1.83 bits per heavy atom. The van der Waals surface area contributed by atoms with E-state index in [0.29, 0.717) is 45.2 Å². The normalized spacial score (nSPS) is 17.2. The van der Waals surface area contributed by atoms with Gasteiger partial charge in [-0.2, -0.15) is 4.31 Å². The van der Waals surface area contributed by atoms with Crippen molar-refractivity contribution in [2.75, 3.05) is 39.3 Å². The Morgan fingerprint density at radius 1 is 1.21 bits per heavy atom. The molecule has 6 nitrogen and oxygen atoms in total. The van der Waals surface area contributed by atoms with Crippen molar-refractivity contribution in [1.82, 2.24) is 14.5 Å². The molecule has 0 aromatic heterocycles. The van der Waals surface area contributed by atoms with Gasteiger partial charge in [0.15, 0.2) is 0 Å². The summed E-state index contributed by atoms with van der Waals surface area (Å²) in [6.45, 7) is 6.79. The number of amides is 1. The highest BCUT2D eigenvalue weighted by atomic mass is 35.5. The molecule has 0 aliphatic carbocycles. The van der Waals surface area contributed by atoms with Crippen LogP contribution in [0, 0.1) is 5.92 Å². The highest BCUT2D eigenvalue weighted by molar-refractivity contribution is 7.89. The van der Waals surface area contributed by atoms with E-state index in [1.54, 1.807) is 18.2 Å². The summed E-state index contributed by atoms with van der Waals surface area (Å²) in [5.74, 6) is 0.387. The molecule has 0 atom stereocenters. The van der Waals surface area contributed by atoms with Crippen molar-refractivity contribution < 1.29 is 13.2 Å². The molecule has 1 amide bonds. The molecule has 1 aromatic carbocycles. The molecule has 1 N–H and O–H groups in total. The lowest BCUT2D eigenvalue weighted by Crippen LogP contribution is -2.51. The SMILES string of the molecule is CC(C)CNC(=O)CN1CCN(S(=O)(=O)c2ccccc2Cl)CC1. The van der Waals surface area contributed by atoms with E-state index in [4.69, 9.17) is 11.6 Å². The second kappa shape index (κ2) is 8.29. The molecule has 0 spiro atoms. The van der Waals surface area contributed by atoms with Crippen molar-refractivity contribution in [3.63, 3.8) is 0 Å². The highest BCUT2D eigenvalue weighted by Gasteiger charge is 2.30. The Labute approximate surface area is 148 Å². The van der Waals surface area contributed by atoms with Crippen LogP contribution in [0.2, 0.25) is 5.02 Å². The summed E-state index contributed by atoms with van der Waals surface area (Å²) in [6.07, 6.45) is 0. The molecular weight excluding hydrogens is 350 g/mol. The zero-order valence-electron chi connectivity index (χ0n) is 14.0. The van der Waals surface area contributed by atoms with Gasteiger partial charge in [-0.05, 0) is 18.1 Å². The lowest BCUT2D eigenvalue weighted by atomic mass is 10.2. The molecule has 1 aromatic rings. The number of sulfonamides is 1. The van der Waals surface area contributed by atoms with Gasteiger partial charge in [0.1, 0.15) is 4.90 Å². The average molecular weight is 374 g/mol. The minimum absolute atomic E-state index is 0.0221. The van der Waals surface area contributed by atoms with E-state index in [2.05, 4.69) is 5.32 Å². The number of hydrogen-bond donors (Lipinski definition) is 1. The molecule has 1 fully saturated rings. The van der Waals surface area contributed by atoms with Gasteiger partial charge in [-0.1, -0.05) is 37.6 Å². The largest absolute Gasteiger partial charge is 0.355 e. The van der Waals surface area contributed by atoms with Crippen LogP contribution in [-0.4, -0.2) is 62.8 Å². The van der Waals surface area contributed by atoms with Crippen LogP contribution in [0.3, 0.4) is 0 Å². The smallest absolute Gasteiger partial charge is 0.244 e. The number of piperazine rings is 1. The summed E-state index contributed by atoms with van der Waals surface area (Å²) >= 11 is 6.02. The maximum Gasteiger partial charge on any atom is 0.244 e. The summed E-state index contributed by atoms with van der Waals surface area (Å²) in [6, 6.07) is 6.45. The van der Waals surface area contributed by atoms with Crippen molar-refractivity contribution in [2.24, 2.45) is 5.92 Å². The maximum absolute atomic E-state index is 12.7. The quantitative estimate of drug-likeness (QED) is 0.818. The first-order valence-corrected chi connectivity index (χ1v) is 9.86. The topological polar surface area (TPSA) is 69.7 Å². The molecule has 1 aliphatic rings. The molecule has 1 saturated heterocycles. The molecule has 8 heteroatoms. The Balaban J connectivity index is 1.91. The zero-order chi connectivity index (χ0) is 17.7. The van der Waals surface area contributed by atoms with Crippen LogP contribution in [0.25, 0.3) is 0 Å². The minimum atomic E-state index is -3.59. The molecule has 0 bridgehead atoms. The van der Waals surface area contributed by atoms with Gasteiger partial charge in [0.05, 0.1) is 11.6 Å². The third kappa shape index (κ3) is 4.92. The molecule has 0 radical (unpaired) electrons. The summed E-state index contributed by atoms with van der Waals surface area (Å²) in [5.41, 5.74) is 0. The van der Waals surface area contributed by atoms with E-state index >= 15 is 0 Å². The number of carbonyl (C=O) groups excluding carboxylic acids is 1. The predicted molar refractivity (Wildman–Crippen MR) is 94.5 cm³/mol. The van der Waals surface area contributed by atoms with Crippen molar-refractivity contribution in [2.45, 2.75) is 18.7 Å². The van der Waals surface area contributed by atoms with Crippen molar-refractivity contribution in [3.05, 3.63) is 29.3 Å². The lowest BCUT2D eigenvalue weighted by Gasteiger charge is -2.33. The second-order valence-corrected chi connectivity index (χ2v) is 8.62. The lowest BCUT2D eigenvalue weighted by molar-refractivity contribution is -0.122. The van der Waals surface area contributed by atoms with E-state index in [1.807, 2.05) is 18.7 Å². The zero-order valence-corrected chi connectivity index (χ0v) is 15.6. The van der Waals surface area contributed by atoms with Gasteiger partial charge in [0.25, 0.3) is 0 Å². The average Bonchev–Trinajstić information content (AvgIpc) is 2.53. The Bertz CT molecular complexity index is 671. The summed E-state index contributed by atoms with van der Waals surface area (Å²) < 4.78 is 26.7. The standard InChI is InChI=1S/C16H24ClN3O3S/c1-13(2)11-18-16(21)12-19-7-9-20(10-8-19)24(22,23)15-6-4-3-5-14(15)17/h3-6,13H,7-12H2,1-2H3,(H,18,21). The fourth-order valence-corrected chi connectivity index (χ4v) is 4.41. The monoisotopic (exact) mass is 373 g/mol. The molecule has 24 heavy (non-hydrogen) atoms. The van der Waals surface area contributed by atoms with Gasteiger partial charge >= 0.3 is 0 Å². The number of rotatable bonds is 6. The first-order valence-electron chi connectivity index (χ1n) is 8.04.